The summed E-state index contributed by atoms with van der Waals surface area (Å²) >= 11 is 0. The standard InChI is InChI=1S/C6H10N3O3S/c1-3-6(12-13(2,10)11)9-5-7-4-8-9/h3-6H,1-2H3. The largest absolute Gasteiger partial charge is 0.266 e. The van der Waals surface area contributed by atoms with Gasteiger partial charge in [-0.25, -0.2) is 13.8 Å². The second-order valence-electron chi connectivity index (χ2n) is 2.40. The fourth-order valence-corrected chi connectivity index (χ4v) is 1.34. The highest BCUT2D eigenvalue weighted by Gasteiger charge is 2.15. The van der Waals surface area contributed by atoms with E-state index in [2.05, 4.69) is 10.1 Å². The Hall–Kier alpha value is -0.950. The molecule has 1 radical (unpaired) electrons. The molecule has 0 saturated carbocycles. The van der Waals surface area contributed by atoms with Crippen molar-refractivity contribution in [3.8, 4) is 0 Å². The van der Waals surface area contributed by atoms with Crippen LogP contribution in [0.2, 0.25) is 0 Å². The van der Waals surface area contributed by atoms with Gasteiger partial charge in [0, 0.05) is 6.42 Å². The van der Waals surface area contributed by atoms with Crippen molar-refractivity contribution in [1.82, 2.24) is 14.8 Å². The molecule has 0 aromatic carbocycles. The van der Waals surface area contributed by atoms with E-state index in [4.69, 9.17) is 4.18 Å². The first-order chi connectivity index (χ1) is 6.03. The summed E-state index contributed by atoms with van der Waals surface area (Å²) < 4.78 is 27.6. The van der Waals surface area contributed by atoms with Gasteiger partial charge in [-0.15, -0.1) is 0 Å². The van der Waals surface area contributed by atoms with Gasteiger partial charge in [0.1, 0.15) is 12.7 Å². The summed E-state index contributed by atoms with van der Waals surface area (Å²) in [4.78, 5) is 3.68. The minimum atomic E-state index is -3.48. The molecule has 0 aliphatic heterocycles. The fraction of sp³-hybridized carbons (Fsp3) is 0.500. The Bertz CT molecular complexity index is 345. The maximum Gasteiger partial charge on any atom is 0.266 e. The molecule has 1 rings (SSSR count). The zero-order chi connectivity index (χ0) is 9.90. The molecule has 13 heavy (non-hydrogen) atoms. The Balaban J connectivity index is 2.76. The number of hydrogen-bond donors (Lipinski definition) is 0. The van der Waals surface area contributed by atoms with Crippen molar-refractivity contribution >= 4 is 10.1 Å². The maximum atomic E-state index is 10.8. The zero-order valence-corrected chi connectivity index (χ0v) is 8.10. The van der Waals surface area contributed by atoms with Crippen molar-refractivity contribution in [3.63, 3.8) is 0 Å². The summed E-state index contributed by atoms with van der Waals surface area (Å²) in [6.45, 7) is 1.68. The smallest absolute Gasteiger partial charge is 0.243 e. The van der Waals surface area contributed by atoms with Crippen molar-refractivity contribution in [2.45, 2.75) is 13.2 Å². The van der Waals surface area contributed by atoms with Crippen LogP contribution in [0.5, 0.6) is 0 Å². The second kappa shape index (κ2) is 3.84. The molecule has 7 heteroatoms. The Morgan fingerprint density at radius 3 is 2.69 bits per heavy atom. The molecule has 0 spiro atoms. The van der Waals surface area contributed by atoms with Crippen LogP contribution in [-0.2, 0) is 14.3 Å². The van der Waals surface area contributed by atoms with Crippen LogP contribution in [-0.4, -0.2) is 29.4 Å². The molecule has 1 heterocycles. The number of nitrogens with zero attached hydrogens (tertiary/aromatic N) is 3. The third kappa shape index (κ3) is 3.11. The highest BCUT2D eigenvalue weighted by molar-refractivity contribution is 7.85. The summed E-state index contributed by atoms with van der Waals surface area (Å²) in [6, 6.07) is 0. The molecule has 0 saturated heterocycles. The van der Waals surface area contributed by atoms with Gasteiger partial charge >= 0.3 is 0 Å². The highest BCUT2D eigenvalue weighted by Crippen LogP contribution is 2.11. The lowest BCUT2D eigenvalue weighted by atomic mass is 10.4. The first-order valence-corrected chi connectivity index (χ1v) is 5.36. The van der Waals surface area contributed by atoms with Crippen LogP contribution >= 0.6 is 0 Å². The molecular weight excluding hydrogens is 194 g/mol. The summed E-state index contributed by atoms with van der Waals surface area (Å²) in [5.41, 5.74) is 0. The van der Waals surface area contributed by atoms with Gasteiger partial charge in [-0.05, 0) is 0 Å². The molecule has 0 aliphatic rings. The summed E-state index contributed by atoms with van der Waals surface area (Å²) in [7, 11) is -3.48. The SMILES string of the molecule is C[CH]C(OS(C)(=O)=O)n1cncn1. The van der Waals surface area contributed by atoms with Crippen molar-refractivity contribution < 1.29 is 12.6 Å². The van der Waals surface area contributed by atoms with Gasteiger partial charge in [-0.2, -0.15) is 13.5 Å². The van der Waals surface area contributed by atoms with Crippen molar-refractivity contribution in [1.29, 1.82) is 0 Å². The third-order valence-corrected chi connectivity index (χ3v) is 1.80. The molecule has 0 N–H and O–H groups in total. The Morgan fingerprint density at radius 2 is 2.31 bits per heavy atom. The first kappa shape index (κ1) is 10.1. The molecule has 1 aromatic rings. The van der Waals surface area contributed by atoms with Gasteiger partial charge in [0.15, 0.2) is 6.23 Å². The lowest BCUT2D eigenvalue weighted by molar-refractivity contribution is 0.160. The van der Waals surface area contributed by atoms with Crippen molar-refractivity contribution in [2.75, 3.05) is 6.26 Å². The van der Waals surface area contributed by atoms with Crippen LogP contribution in [0.15, 0.2) is 12.7 Å². The minimum absolute atomic E-state index is 0.725. The van der Waals surface area contributed by atoms with E-state index in [1.807, 2.05) is 0 Å². The first-order valence-electron chi connectivity index (χ1n) is 3.55. The van der Waals surface area contributed by atoms with E-state index >= 15 is 0 Å². The minimum Gasteiger partial charge on any atom is -0.243 e. The van der Waals surface area contributed by atoms with Gasteiger partial charge in [0.2, 0.25) is 0 Å². The van der Waals surface area contributed by atoms with E-state index in [0.29, 0.717) is 0 Å². The van der Waals surface area contributed by atoms with E-state index in [0.717, 1.165) is 6.26 Å². The monoisotopic (exact) mass is 204 g/mol. The van der Waals surface area contributed by atoms with Gasteiger partial charge < -0.3 is 0 Å². The van der Waals surface area contributed by atoms with Gasteiger partial charge in [0.25, 0.3) is 10.1 Å². The third-order valence-electron chi connectivity index (χ3n) is 1.26. The number of rotatable bonds is 4. The van der Waals surface area contributed by atoms with Crippen LogP contribution < -0.4 is 0 Å². The zero-order valence-electron chi connectivity index (χ0n) is 7.28. The lowest BCUT2D eigenvalue weighted by Crippen LogP contribution is -2.17. The topological polar surface area (TPSA) is 74.1 Å². The molecule has 1 atom stereocenters. The normalized spacial score (nSPS) is 14.3. The van der Waals surface area contributed by atoms with Crippen molar-refractivity contribution in [2.24, 2.45) is 0 Å². The fourth-order valence-electron chi connectivity index (χ4n) is 0.780. The number of hydrogen-bond acceptors (Lipinski definition) is 5. The highest BCUT2D eigenvalue weighted by atomic mass is 32.2. The average Bonchev–Trinajstić information content (AvgIpc) is 2.50. The number of aromatic nitrogens is 3. The van der Waals surface area contributed by atoms with E-state index in [1.54, 1.807) is 13.3 Å². The molecule has 0 aliphatic carbocycles. The maximum absolute atomic E-state index is 10.8. The van der Waals surface area contributed by atoms with Crippen LogP contribution in [0, 0.1) is 6.42 Å². The quantitative estimate of drug-likeness (QED) is 0.644. The van der Waals surface area contributed by atoms with Gasteiger partial charge in [-0.1, -0.05) is 6.92 Å². The average molecular weight is 204 g/mol. The lowest BCUT2D eigenvalue weighted by Gasteiger charge is -2.12. The van der Waals surface area contributed by atoms with Crippen molar-refractivity contribution in [3.05, 3.63) is 19.1 Å². The van der Waals surface area contributed by atoms with E-state index in [-0.39, 0.29) is 0 Å². The Morgan fingerprint density at radius 1 is 1.62 bits per heavy atom. The molecule has 6 nitrogen and oxygen atoms in total. The Labute approximate surface area is 76.7 Å². The molecule has 1 aromatic heterocycles. The molecule has 1 unspecified atom stereocenters. The molecule has 0 fully saturated rings. The summed E-state index contributed by atoms with van der Waals surface area (Å²) in [5, 5.41) is 3.76. The van der Waals surface area contributed by atoms with Gasteiger partial charge in [-0.3, -0.25) is 0 Å². The molecule has 73 valence electrons. The van der Waals surface area contributed by atoms with E-state index in [9.17, 15) is 8.42 Å². The predicted octanol–water partition coefficient (Wildman–Crippen LogP) is -0.0229. The predicted molar refractivity (Wildman–Crippen MR) is 45.0 cm³/mol. The second-order valence-corrected chi connectivity index (χ2v) is 4.00. The summed E-state index contributed by atoms with van der Waals surface area (Å²) in [5.74, 6) is 0. The van der Waals surface area contributed by atoms with Crippen LogP contribution in [0.4, 0.5) is 0 Å². The Kier molecular flexibility index (Phi) is 2.99. The van der Waals surface area contributed by atoms with Crippen LogP contribution in [0.3, 0.4) is 0 Å². The van der Waals surface area contributed by atoms with Crippen LogP contribution in [0.1, 0.15) is 13.2 Å². The van der Waals surface area contributed by atoms with Gasteiger partial charge in [0.05, 0.1) is 6.26 Å². The molecule has 0 amide bonds. The van der Waals surface area contributed by atoms with Crippen LogP contribution in [0.25, 0.3) is 0 Å². The van der Waals surface area contributed by atoms with E-state index in [1.165, 1.54) is 17.3 Å². The molecule has 0 bridgehead atoms. The van der Waals surface area contributed by atoms with E-state index < -0.39 is 16.3 Å². The summed E-state index contributed by atoms with van der Waals surface area (Å²) in [6.07, 6.45) is 4.52. The molecular formula is C6H10N3O3S.